The van der Waals surface area contributed by atoms with Crippen LogP contribution in [0.2, 0.25) is 0 Å². The monoisotopic (exact) mass is 268 g/mol. The van der Waals surface area contributed by atoms with Crippen molar-refractivity contribution >= 4 is 0 Å². The first-order valence-corrected chi connectivity index (χ1v) is 7.48. The molecule has 19 heavy (non-hydrogen) atoms. The van der Waals surface area contributed by atoms with Gasteiger partial charge in [0, 0.05) is 18.4 Å². The molecule has 4 atom stereocenters. The molecule has 3 nitrogen and oxygen atoms in total. The van der Waals surface area contributed by atoms with Crippen LogP contribution in [-0.4, -0.2) is 33.6 Å². The van der Waals surface area contributed by atoms with E-state index in [4.69, 9.17) is 0 Å². The molecule has 2 aliphatic rings. The SMILES string of the molecule is CCC1=C2[C@@H](O)C(C)(C)C[C@H]2[C@](C)(O)CC[C@@H]1CO. The van der Waals surface area contributed by atoms with Gasteiger partial charge in [-0.25, -0.2) is 0 Å². The average Bonchev–Trinajstić information content (AvgIpc) is 2.51. The van der Waals surface area contributed by atoms with E-state index >= 15 is 0 Å². The summed E-state index contributed by atoms with van der Waals surface area (Å²) in [7, 11) is 0. The fraction of sp³-hybridized carbons (Fsp3) is 0.875. The van der Waals surface area contributed by atoms with Crippen LogP contribution >= 0.6 is 0 Å². The molecule has 0 spiro atoms. The molecular weight excluding hydrogens is 240 g/mol. The summed E-state index contributed by atoms with van der Waals surface area (Å²) in [5, 5.41) is 31.1. The molecule has 0 aromatic carbocycles. The van der Waals surface area contributed by atoms with Crippen molar-refractivity contribution < 1.29 is 15.3 Å². The van der Waals surface area contributed by atoms with Crippen molar-refractivity contribution in [2.45, 2.75) is 65.1 Å². The van der Waals surface area contributed by atoms with Gasteiger partial charge in [0.15, 0.2) is 0 Å². The van der Waals surface area contributed by atoms with Crippen LogP contribution in [-0.2, 0) is 0 Å². The molecule has 0 amide bonds. The van der Waals surface area contributed by atoms with Crippen molar-refractivity contribution in [2.75, 3.05) is 6.61 Å². The second kappa shape index (κ2) is 4.87. The summed E-state index contributed by atoms with van der Waals surface area (Å²) in [5.74, 6) is 0.129. The number of rotatable bonds is 2. The fourth-order valence-electron chi connectivity index (χ4n) is 4.06. The highest BCUT2D eigenvalue weighted by atomic mass is 16.3. The van der Waals surface area contributed by atoms with Crippen molar-refractivity contribution in [2.24, 2.45) is 17.3 Å². The van der Waals surface area contributed by atoms with E-state index in [1.807, 2.05) is 6.92 Å². The molecule has 0 unspecified atom stereocenters. The zero-order valence-corrected chi connectivity index (χ0v) is 12.6. The van der Waals surface area contributed by atoms with E-state index in [2.05, 4.69) is 20.8 Å². The zero-order chi connectivity index (χ0) is 14.4. The second-order valence-corrected chi connectivity index (χ2v) is 7.26. The molecule has 1 saturated carbocycles. The van der Waals surface area contributed by atoms with Gasteiger partial charge in [-0.15, -0.1) is 0 Å². The first-order valence-electron chi connectivity index (χ1n) is 7.48. The lowest BCUT2D eigenvalue weighted by Gasteiger charge is -2.30. The Hall–Kier alpha value is -0.380. The second-order valence-electron chi connectivity index (χ2n) is 7.26. The Morgan fingerprint density at radius 3 is 2.42 bits per heavy atom. The van der Waals surface area contributed by atoms with Crippen molar-refractivity contribution in [3.05, 3.63) is 11.1 Å². The third kappa shape index (κ3) is 2.37. The molecule has 3 N–H and O–H groups in total. The predicted octanol–water partition coefficient (Wildman–Crippen LogP) is 2.25. The highest BCUT2D eigenvalue weighted by Gasteiger charge is 2.52. The van der Waals surface area contributed by atoms with E-state index in [-0.39, 0.29) is 23.9 Å². The van der Waals surface area contributed by atoms with Crippen molar-refractivity contribution in [3.63, 3.8) is 0 Å². The zero-order valence-electron chi connectivity index (χ0n) is 12.6. The first kappa shape index (κ1) is 15.0. The lowest BCUT2D eigenvalue weighted by molar-refractivity contribution is -0.0000416. The van der Waals surface area contributed by atoms with Crippen LogP contribution in [0.15, 0.2) is 11.1 Å². The quantitative estimate of drug-likeness (QED) is 0.673. The standard InChI is InChI=1S/C16H28O3/c1-5-11-10(9-17)6-7-16(4,19)12-8-15(2,3)14(18)13(11)12/h10,12,14,17-19H,5-9H2,1-4H3/t10-,12-,14-,16-/m1/s1. The molecular formula is C16H28O3. The number of hydrogen-bond acceptors (Lipinski definition) is 3. The Balaban J connectivity index is 2.55. The summed E-state index contributed by atoms with van der Waals surface area (Å²) in [4.78, 5) is 0. The smallest absolute Gasteiger partial charge is 0.0807 e. The van der Waals surface area contributed by atoms with Crippen LogP contribution in [0.5, 0.6) is 0 Å². The maximum absolute atomic E-state index is 10.8. The van der Waals surface area contributed by atoms with Gasteiger partial charge in [0.25, 0.3) is 0 Å². The molecule has 0 heterocycles. The van der Waals surface area contributed by atoms with Gasteiger partial charge >= 0.3 is 0 Å². The van der Waals surface area contributed by atoms with Crippen molar-refractivity contribution in [1.29, 1.82) is 0 Å². The summed E-state index contributed by atoms with van der Waals surface area (Å²) >= 11 is 0. The largest absolute Gasteiger partial charge is 0.396 e. The van der Waals surface area contributed by atoms with E-state index in [1.54, 1.807) is 0 Å². The maximum atomic E-state index is 10.8. The summed E-state index contributed by atoms with van der Waals surface area (Å²) in [6.45, 7) is 8.22. The number of hydrogen-bond donors (Lipinski definition) is 3. The summed E-state index contributed by atoms with van der Waals surface area (Å²) < 4.78 is 0. The Labute approximate surface area is 116 Å². The fourth-order valence-corrected chi connectivity index (χ4v) is 4.06. The summed E-state index contributed by atoms with van der Waals surface area (Å²) in [6.07, 6.45) is 2.67. The van der Waals surface area contributed by atoms with E-state index in [0.29, 0.717) is 6.42 Å². The van der Waals surface area contributed by atoms with Crippen molar-refractivity contribution in [1.82, 2.24) is 0 Å². The van der Waals surface area contributed by atoms with E-state index in [1.165, 1.54) is 5.57 Å². The lowest BCUT2D eigenvalue weighted by Crippen LogP contribution is -2.34. The van der Waals surface area contributed by atoms with Crippen LogP contribution < -0.4 is 0 Å². The van der Waals surface area contributed by atoms with Crippen LogP contribution in [0.4, 0.5) is 0 Å². The molecule has 0 aromatic heterocycles. The van der Waals surface area contributed by atoms with Gasteiger partial charge in [-0.1, -0.05) is 26.3 Å². The summed E-state index contributed by atoms with van der Waals surface area (Å²) in [5.41, 5.74) is 1.24. The predicted molar refractivity (Wildman–Crippen MR) is 75.6 cm³/mol. The normalized spacial score (nSPS) is 42.2. The molecule has 0 saturated heterocycles. The van der Waals surface area contributed by atoms with Crippen LogP contribution in [0, 0.1) is 17.3 Å². The Morgan fingerprint density at radius 2 is 1.89 bits per heavy atom. The average molecular weight is 268 g/mol. The van der Waals surface area contributed by atoms with Crippen molar-refractivity contribution in [3.8, 4) is 0 Å². The van der Waals surface area contributed by atoms with E-state index in [9.17, 15) is 15.3 Å². The highest BCUT2D eigenvalue weighted by molar-refractivity contribution is 5.33. The molecule has 0 radical (unpaired) electrons. The molecule has 3 heteroatoms. The third-order valence-electron chi connectivity index (χ3n) is 5.35. The number of aliphatic hydroxyl groups excluding tert-OH is 2. The number of fused-ring (bicyclic) bond motifs is 1. The van der Waals surface area contributed by atoms with Gasteiger partial charge in [0.1, 0.15) is 0 Å². The Bertz CT molecular complexity index is 381. The Kier molecular flexibility index (Phi) is 3.85. The van der Waals surface area contributed by atoms with Gasteiger partial charge in [-0.05, 0) is 43.6 Å². The Morgan fingerprint density at radius 1 is 1.26 bits per heavy atom. The lowest BCUT2D eigenvalue weighted by atomic mass is 9.81. The van der Waals surface area contributed by atoms with Crippen LogP contribution in [0.25, 0.3) is 0 Å². The molecule has 110 valence electrons. The maximum Gasteiger partial charge on any atom is 0.0807 e. The van der Waals surface area contributed by atoms with Crippen LogP contribution in [0.3, 0.4) is 0 Å². The molecule has 1 fully saturated rings. The van der Waals surface area contributed by atoms with Gasteiger partial charge < -0.3 is 15.3 Å². The van der Waals surface area contributed by atoms with Gasteiger partial charge in [0.2, 0.25) is 0 Å². The first-order chi connectivity index (χ1) is 8.74. The topological polar surface area (TPSA) is 60.7 Å². The van der Waals surface area contributed by atoms with Gasteiger partial charge in [-0.3, -0.25) is 0 Å². The number of aliphatic hydroxyl groups is 3. The minimum absolute atomic E-state index is 0.0315. The minimum atomic E-state index is -0.769. The van der Waals surface area contributed by atoms with E-state index < -0.39 is 11.7 Å². The molecule has 0 aliphatic heterocycles. The molecule has 0 aromatic rings. The molecule has 2 rings (SSSR count). The van der Waals surface area contributed by atoms with Crippen LogP contribution in [0.1, 0.15) is 53.4 Å². The minimum Gasteiger partial charge on any atom is -0.396 e. The van der Waals surface area contributed by atoms with Gasteiger partial charge in [-0.2, -0.15) is 0 Å². The van der Waals surface area contributed by atoms with Gasteiger partial charge in [0.05, 0.1) is 11.7 Å². The third-order valence-corrected chi connectivity index (χ3v) is 5.35. The van der Waals surface area contributed by atoms with E-state index in [0.717, 1.165) is 24.8 Å². The molecule has 0 bridgehead atoms. The molecule has 2 aliphatic carbocycles. The summed E-state index contributed by atoms with van der Waals surface area (Å²) in [6, 6.07) is 0. The highest BCUT2D eigenvalue weighted by Crippen LogP contribution is 2.54.